The average Bonchev–Trinajstić information content (AvgIpc) is 2.46. The molecule has 13 heteroatoms. The lowest BCUT2D eigenvalue weighted by Crippen LogP contribution is -2.36. The SMILES string of the molecule is O=C(O)c1cc(OC(F)(F)F)ccc1NS(=O)(=O)C1CCS(=O)(=O)CC1. The summed E-state index contributed by atoms with van der Waals surface area (Å²) < 4.78 is 89.7. The highest BCUT2D eigenvalue weighted by atomic mass is 32.2. The second kappa shape index (κ2) is 6.95. The molecule has 0 bridgehead atoms. The molecule has 0 aliphatic carbocycles. The fraction of sp³-hybridized carbons (Fsp3) is 0.462. The van der Waals surface area contributed by atoms with E-state index in [1.807, 2.05) is 4.72 Å². The number of benzene rings is 1. The van der Waals surface area contributed by atoms with E-state index in [4.69, 9.17) is 5.11 Å². The molecule has 0 saturated carbocycles. The predicted octanol–water partition coefficient (Wildman–Crippen LogP) is 1.60. The van der Waals surface area contributed by atoms with Gasteiger partial charge in [-0.2, -0.15) is 0 Å². The summed E-state index contributed by atoms with van der Waals surface area (Å²) >= 11 is 0. The number of carboxylic acids is 1. The third-order valence-electron chi connectivity index (χ3n) is 3.65. The second-order valence-electron chi connectivity index (χ2n) is 5.56. The lowest BCUT2D eigenvalue weighted by atomic mass is 10.2. The van der Waals surface area contributed by atoms with E-state index in [2.05, 4.69) is 4.74 Å². The van der Waals surface area contributed by atoms with Crippen molar-refractivity contribution in [2.45, 2.75) is 24.5 Å². The maximum atomic E-state index is 12.3. The zero-order valence-corrected chi connectivity index (χ0v) is 14.6. The van der Waals surface area contributed by atoms with Crippen LogP contribution in [-0.4, -0.2) is 51.0 Å². The lowest BCUT2D eigenvalue weighted by molar-refractivity contribution is -0.274. The minimum atomic E-state index is -5.04. The number of carboxylic acid groups (broad SMARTS) is 1. The van der Waals surface area contributed by atoms with Crippen molar-refractivity contribution in [3.05, 3.63) is 23.8 Å². The zero-order chi connectivity index (χ0) is 19.8. The van der Waals surface area contributed by atoms with Gasteiger partial charge in [0.25, 0.3) is 0 Å². The fourth-order valence-corrected chi connectivity index (χ4v) is 5.70. The van der Waals surface area contributed by atoms with Crippen LogP contribution in [0.3, 0.4) is 0 Å². The maximum absolute atomic E-state index is 12.3. The molecule has 0 spiro atoms. The number of ether oxygens (including phenoxy) is 1. The molecule has 26 heavy (non-hydrogen) atoms. The van der Waals surface area contributed by atoms with Crippen LogP contribution in [0.5, 0.6) is 5.75 Å². The Kier molecular flexibility index (Phi) is 5.42. The van der Waals surface area contributed by atoms with Gasteiger partial charge in [0.2, 0.25) is 10.0 Å². The summed E-state index contributed by atoms with van der Waals surface area (Å²) in [6, 6.07) is 2.14. The third-order valence-corrected chi connectivity index (χ3v) is 7.22. The van der Waals surface area contributed by atoms with Crippen molar-refractivity contribution in [3.8, 4) is 5.75 Å². The summed E-state index contributed by atoms with van der Waals surface area (Å²) in [5, 5.41) is 8.06. The van der Waals surface area contributed by atoms with Gasteiger partial charge in [0.1, 0.15) is 15.6 Å². The molecule has 1 aliphatic heterocycles. The van der Waals surface area contributed by atoms with E-state index in [9.17, 15) is 34.8 Å². The van der Waals surface area contributed by atoms with Gasteiger partial charge in [0, 0.05) is 0 Å². The summed E-state index contributed by atoms with van der Waals surface area (Å²) in [5.41, 5.74) is -1.18. The molecule has 1 heterocycles. The van der Waals surface area contributed by atoms with Crippen molar-refractivity contribution in [3.63, 3.8) is 0 Å². The monoisotopic (exact) mass is 417 g/mol. The number of anilines is 1. The molecule has 1 fully saturated rings. The summed E-state index contributed by atoms with van der Waals surface area (Å²) in [7, 11) is -7.43. The Morgan fingerprint density at radius 3 is 2.31 bits per heavy atom. The Bertz CT molecular complexity index is 896. The molecular formula is C13H14F3NO7S2. The Morgan fingerprint density at radius 2 is 1.81 bits per heavy atom. The molecule has 8 nitrogen and oxygen atoms in total. The third kappa shape index (κ3) is 5.24. The summed E-state index contributed by atoms with van der Waals surface area (Å²) in [5.74, 6) is -3.12. The number of sulfone groups is 1. The number of nitrogens with one attached hydrogen (secondary N) is 1. The molecule has 0 radical (unpaired) electrons. The standard InChI is InChI=1S/C13H14F3NO7S2/c14-13(15,16)24-8-1-2-11(10(7-8)12(18)19)17-26(22,23)9-3-5-25(20,21)6-4-9/h1-2,7,9,17H,3-6H2,(H,18,19). The number of rotatable bonds is 5. The van der Waals surface area contributed by atoms with Gasteiger partial charge in [-0.25, -0.2) is 21.6 Å². The topological polar surface area (TPSA) is 127 Å². The van der Waals surface area contributed by atoms with Crippen LogP contribution >= 0.6 is 0 Å². The summed E-state index contributed by atoms with van der Waals surface area (Å²) in [6.45, 7) is 0. The van der Waals surface area contributed by atoms with Gasteiger partial charge < -0.3 is 9.84 Å². The van der Waals surface area contributed by atoms with E-state index in [1.54, 1.807) is 0 Å². The number of hydrogen-bond donors (Lipinski definition) is 2. The van der Waals surface area contributed by atoms with Crippen molar-refractivity contribution in [1.82, 2.24) is 0 Å². The Hall–Kier alpha value is -2.02. The van der Waals surface area contributed by atoms with Crippen LogP contribution in [0.25, 0.3) is 0 Å². The van der Waals surface area contributed by atoms with Gasteiger partial charge in [-0.1, -0.05) is 0 Å². The van der Waals surface area contributed by atoms with Crippen molar-refractivity contribution in [2.75, 3.05) is 16.2 Å². The van der Waals surface area contributed by atoms with Crippen molar-refractivity contribution < 1.29 is 44.6 Å². The number of hydrogen-bond acceptors (Lipinski definition) is 6. The summed E-state index contributed by atoms with van der Waals surface area (Å²) in [4.78, 5) is 11.2. The minimum absolute atomic E-state index is 0.157. The van der Waals surface area contributed by atoms with Crippen LogP contribution in [-0.2, 0) is 19.9 Å². The van der Waals surface area contributed by atoms with Crippen molar-refractivity contribution in [2.24, 2.45) is 0 Å². The Morgan fingerprint density at radius 1 is 1.23 bits per heavy atom. The molecule has 1 aromatic rings. The fourth-order valence-electron chi connectivity index (χ4n) is 2.40. The van der Waals surface area contributed by atoms with Gasteiger partial charge in [-0.3, -0.25) is 4.72 Å². The number of alkyl halides is 3. The highest BCUT2D eigenvalue weighted by molar-refractivity contribution is 7.94. The van der Waals surface area contributed by atoms with E-state index in [0.29, 0.717) is 6.07 Å². The summed E-state index contributed by atoms with van der Waals surface area (Å²) in [6.07, 6.45) is -5.35. The van der Waals surface area contributed by atoms with Crippen LogP contribution in [0.4, 0.5) is 18.9 Å². The smallest absolute Gasteiger partial charge is 0.478 e. The van der Waals surface area contributed by atoms with E-state index < -0.39 is 54.4 Å². The van der Waals surface area contributed by atoms with Crippen LogP contribution in [0.15, 0.2) is 18.2 Å². The first-order chi connectivity index (χ1) is 11.8. The molecule has 0 unspecified atom stereocenters. The Balaban J connectivity index is 2.26. The first-order valence-electron chi connectivity index (χ1n) is 7.14. The Labute approximate surface area is 146 Å². The molecule has 0 amide bonds. The molecule has 2 N–H and O–H groups in total. The molecule has 0 atom stereocenters. The predicted molar refractivity (Wildman–Crippen MR) is 84.3 cm³/mol. The van der Waals surface area contributed by atoms with Crippen LogP contribution in [0, 0.1) is 0 Å². The lowest BCUT2D eigenvalue weighted by Gasteiger charge is -2.23. The van der Waals surface area contributed by atoms with Crippen LogP contribution in [0.1, 0.15) is 23.2 Å². The van der Waals surface area contributed by atoms with Crippen LogP contribution < -0.4 is 9.46 Å². The van der Waals surface area contributed by atoms with Gasteiger partial charge >= 0.3 is 12.3 Å². The molecule has 146 valence electrons. The number of aromatic carboxylic acids is 1. The normalized spacial score (nSPS) is 18.3. The number of sulfonamides is 1. The number of halogens is 3. The molecule has 1 saturated heterocycles. The maximum Gasteiger partial charge on any atom is 0.573 e. The van der Waals surface area contributed by atoms with E-state index in [0.717, 1.165) is 12.1 Å². The zero-order valence-electron chi connectivity index (χ0n) is 13.0. The highest BCUT2D eigenvalue weighted by Gasteiger charge is 2.34. The molecule has 0 aromatic heterocycles. The first kappa shape index (κ1) is 20.3. The van der Waals surface area contributed by atoms with Crippen molar-refractivity contribution in [1.29, 1.82) is 0 Å². The largest absolute Gasteiger partial charge is 0.573 e. The highest BCUT2D eigenvalue weighted by Crippen LogP contribution is 2.29. The second-order valence-corrected chi connectivity index (χ2v) is 9.82. The van der Waals surface area contributed by atoms with E-state index in [-0.39, 0.29) is 24.3 Å². The number of carbonyl (C=O) groups is 1. The van der Waals surface area contributed by atoms with Crippen LogP contribution in [0.2, 0.25) is 0 Å². The molecule has 1 aliphatic rings. The van der Waals surface area contributed by atoms with Gasteiger partial charge in [0.05, 0.1) is 28.0 Å². The van der Waals surface area contributed by atoms with E-state index in [1.165, 1.54) is 0 Å². The first-order valence-corrected chi connectivity index (χ1v) is 10.5. The molecule has 1 aromatic carbocycles. The molecule has 2 rings (SSSR count). The van der Waals surface area contributed by atoms with Gasteiger partial charge in [-0.05, 0) is 31.0 Å². The van der Waals surface area contributed by atoms with E-state index >= 15 is 0 Å². The van der Waals surface area contributed by atoms with Crippen molar-refractivity contribution >= 4 is 31.5 Å². The quantitative estimate of drug-likeness (QED) is 0.745. The van der Waals surface area contributed by atoms with Gasteiger partial charge in [0.15, 0.2) is 0 Å². The van der Waals surface area contributed by atoms with Gasteiger partial charge in [-0.15, -0.1) is 13.2 Å². The minimum Gasteiger partial charge on any atom is -0.478 e. The molecular weight excluding hydrogens is 403 g/mol. The average molecular weight is 417 g/mol.